The molecule has 12 heteroatoms. The van der Waals surface area contributed by atoms with E-state index in [-0.39, 0.29) is 46.6 Å². The molecule has 0 radical (unpaired) electrons. The first-order valence-corrected chi connectivity index (χ1v) is 10.5. The number of ether oxygens (including phenoxy) is 4. The molecule has 0 N–H and O–H groups in total. The van der Waals surface area contributed by atoms with Gasteiger partial charge in [0.2, 0.25) is 11.6 Å². The molecule has 2 spiro atoms. The van der Waals surface area contributed by atoms with Gasteiger partial charge in [-0.3, -0.25) is 0 Å². The molecule has 0 aromatic rings. The van der Waals surface area contributed by atoms with Gasteiger partial charge in [-0.2, -0.15) is 0 Å². The number of hydrogen-bond acceptors (Lipinski definition) is 4. The molecule has 5 rings (SSSR count). The quantitative estimate of drug-likeness (QED) is 0.428. The summed E-state index contributed by atoms with van der Waals surface area (Å²) in [5.74, 6) is -3.60. The van der Waals surface area contributed by atoms with Crippen molar-refractivity contribution >= 4 is 92.8 Å². The van der Waals surface area contributed by atoms with Gasteiger partial charge in [0.05, 0.1) is 46.6 Å². The van der Waals surface area contributed by atoms with Crippen LogP contribution in [-0.2, 0) is 18.9 Å². The summed E-state index contributed by atoms with van der Waals surface area (Å²) in [6, 6.07) is 0. The first-order valence-electron chi connectivity index (χ1n) is 7.48. The highest BCUT2D eigenvalue weighted by Gasteiger charge is 3.02. The van der Waals surface area contributed by atoms with Gasteiger partial charge in [0, 0.05) is 0 Å². The Morgan fingerprint density at radius 2 is 0.962 bits per heavy atom. The van der Waals surface area contributed by atoms with Gasteiger partial charge in [0.15, 0.2) is 14.6 Å². The van der Waals surface area contributed by atoms with Gasteiger partial charge in [-0.15, -0.1) is 46.4 Å². The minimum atomic E-state index is -1.93. The second kappa shape index (κ2) is 5.27. The third kappa shape index (κ3) is 1.39. The topological polar surface area (TPSA) is 36.9 Å². The van der Waals surface area contributed by atoms with E-state index >= 15 is 0 Å². The SMILES string of the molecule is ClC1=C(Cl)C2(Cl)C3(Cl)C(Cl)=C(Cl)C(Cl)(C34OCCO4)C2(Cl)C12OCCO2. The number of fused-ring (bicyclic) bond motifs is 4. The lowest BCUT2D eigenvalue weighted by Crippen LogP contribution is -2.69. The van der Waals surface area contributed by atoms with Crippen molar-refractivity contribution in [1.82, 2.24) is 0 Å². The van der Waals surface area contributed by atoms with Crippen molar-refractivity contribution in [2.24, 2.45) is 0 Å². The van der Waals surface area contributed by atoms with Crippen LogP contribution in [0.1, 0.15) is 0 Å². The minimum Gasteiger partial charge on any atom is -0.344 e. The molecular weight excluding hydrogens is 516 g/mol. The molecule has 4 nitrogen and oxygen atoms in total. The fourth-order valence-corrected chi connectivity index (χ4v) is 9.39. The van der Waals surface area contributed by atoms with E-state index in [1.165, 1.54) is 0 Å². The molecule has 5 aliphatic rings. The average molecular weight is 524 g/mol. The molecule has 4 atom stereocenters. The summed E-state index contributed by atoms with van der Waals surface area (Å²) in [5.41, 5.74) is 0. The predicted octanol–water partition coefficient (Wildman–Crippen LogP) is 4.80. The Bertz CT molecular complexity index is 803. The zero-order valence-corrected chi connectivity index (χ0v) is 18.5. The van der Waals surface area contributed by atoms with Crippen molar-refractivity contribution in [2.75, 3.05) is 26.4 Å². The maximum absolute atomic E-state index is 7.17. The summed E-state index contributed by atoms with van der Waals surface area (Å²) in [5, 5.41) is -0.351. The molecule has 0 amide bonds. The smallest absolute Gasteiger partial charge is 0.231 e. The van der Waals surface area contributed by atoms with Crippen LogP contribution in [0.5, 0.6) is 0 Å². The highest BCUT2D eigenvalue weighted by molar-refractivity contribution is 6.63. The second-order valence-electron chi connectivity index (χ2n) is 6.52. The lowest BCUT2D eigenvalue weighted by atomic mass is 9.79. The van der Waals surface area contributed by atoms with Crippen molar-refractivity contribution < 1.29 is 18.9 Å². The van der Waals surface area contributed by atoms with Crippen LogP contribution in [0.3, 0.4) is 0 Å². The van der Waals surface area contributed by atoms with Gasteiger partial charge in [0.1, 0.15) is 4.87 Å². The summed E-state index contributed by atoms with van der Waals surface area (Å²) in [6.45, 7) is 0.684. The van der Waals surface area contributed by atoms with Crippen LogP contribution in [0.2, 0.25) is 0 Å². The Hall–Kier alpha value is 1.64. The van der Waals surface area contributed by atoms with E-state index in [0.29, 0.717) is 0 Å². The molecule has 2 heterocycles. The Balaban J connectivity index is 1.95. The van der Waals surface area contributed by atoms with E-state index in [1.807, 2.05) is 0 Å². The van der Waals surface area contributed by atoms with Gasteiger partial charge in [-0.25, -0.2) is 0 Å². The van der Waals surface area contributed by atoms with Crippen molar-refractivity contribution in [3.63, 3.8) is 0 Å². The van der Waals surface area contributed by atoms with E-state index in [9.17, 15) is 0 Å². The van der Waals surface area contributed by atoms with Crippen LogP contribution >= 0.6 is 92.8 Å². The standard InChI is InChI=1S/C14H8Cl8O4/c15-5-6(16)11(21)13(22)9(19,10(5,20)14(11)25-3-4-26-14)7(17)8(18)12(13)23-1-2-24-12/h1-4H2. The van der Waals surface area contributed by atoms with Crippen LogP contribution in [0, 0.1) is 0 Å². The zero-order valence-electron chi connectivity index (χ0n) is 12.5. The van der Waals surface area contributed by atoms with Crippen molar-refractivity contribution in [3.05, 3.63) is 20.1 Å². The van der Waals surface area contributed by atoms with Crippen LogP contribution in [0.25, 0.3) is 0 Å². The number of halogens is 8. The molecular formula is C14H8Cl8O4. The maximum Gasteiger partial charge on any atom is 0.231 e. The Kier molecular flexibility index (Phi) is 3.97. The van der Waals surface area contributed by atoms with E-state index in [1.54, 1.807) is 0 Å². The fourth-order valence-electron chi connectivity index (χ4n) is 4.81. The Labute approximate surface area is 188 Å². The first-order chi connectivity index (χ1) is 12.0. The molecule has 3 aliphatic carbocycles. The highest BCUT2D eigenvalue weighted by atomic mass is 35.5. The van der Waals surface area contributed by atoms with Crippen molar-refractivity contribution in [1.29, 1.82) is 0 Å². The Morgan fingerprint density at radius 3 is 1.50 bits per heavy atom. The lowest BCUT2D eigenvalue weighted by molar-refractivity contribution is -0.192. The third-order valence-corrected chi connectivity index (χ3v) is 11.4. The van der Waals surface area contributed by atoms with Gasteiger partial charge in [-0.1, -0.05) is 46.4 Å². The van der Waals surface area contributed by atoms with Gasteiger partial charge in [0.25, 0.3) is 0 Å². The normalized spacial score (nSPS) is 50.8. The molecule has 26 heavy (non-hydrogen) atoms. The number of allylic oxidation sites excluding steroid dienone is 1. The summed E-state index contributed by atoms with van der Waals surface area (Å²) >= 11 is 54.5. The summed E-state index contributed by atoms with van der Waals surface area (Å²) < 4.78 is 23.4. The van der Waals surface area contributed by atoms with E-state index < -0.39 is 31.1 Å². The second-order valence-corrected chi connectivity index (χ2v) is 10.3. The van der Waals surface area contributed by atoms with Crippen LogP contribution in [0.15, 0.2) is 20.1 Å². The first kappa shape index (κ1) is 19.6. The molecule has 2 bridgehead atoms. The largest absolute Gasteiger partial charge is 0.344 e. The zero-order chi connectivity index (χ0) is 19.0. The number of rotatable bonds is 0. The van der Waals surface area contributed by atoms with Crippen LogP contribution < -0.4 is 0 Å². The third-order valence-electron chi connectivity index (χ3n) is 5.75. The Morgan fingerprint density at radius 1 is 0.538 bits per heavy atom. The molecule has 0 aromatic heterocycles. The monoisotopic (exact) mass is 520 g/mol. The maximum atomic E-state index is 7.17. The van der Waals surface area contributed by atoms with E-state index in [4.69, 9.17) is 112 Å². The summed E-state index contributed by atoms with van der Waals surface area (Å²) in [7, 11) is 0. The van der Waals surface area contributed by atoms with E-state index in [0.717, 1.165) is 0 Å². The molecule has 2 saturated heterocycles. The van der Waals surface area contributed by atoms with Gasteiger partial charge >= 0.3 is 0 Å². The molecule has 4 unspecified atom stereocenters. The molecule has 2 aliphatic heterocycles. The summed E-state index contributed by atoms with van der Waals surface area (Å²) in [4.78, 5) is -7.60. The summed E-state index contributed by atoms with van der Waals surface area (Å²) in [6.07, 6.45) is 0. The van der Waals surface area contributed by atoms with Crippen molar-refractivity contribution in [2.45, 2.75) is 31.1 Å². The fraction of sp³-hybridized carbons (Fsp3) is 0.714. The van der Waals surface area contributed by atoms with Gasteiger partial charge < -0.3 is 18.9 Å². The van der Waals surface area contributed by atoms with Crippen LogP contribution in [-0.4, -0.2) is 57.5 Å². The lowest BCUT2D eigenvalue weighted by Gasteiger charge is -2.50. The number of alkyl halides is 4. The van der Waals surface area contributed by atoms with E-state index in [2.05, 4.69) is 0 Å². The minimum absolute atomic E-state index is 0.0691. The predicted molar refractivity (Wildman–Crippen MR) is 101 cm³/mol. The molecule has 3 fully saturated rings. The molecule has 1 saturated carbocycles. The highest BCUT2D eigenvalue weighted by Crippen LogP contribution is 2.87. The number of hydrogen-bond donors (Lipinski definition) is 0. The van der Waals surface area contributed by atoms with Crippen LogP contribution in [0.4, 0.5) is 0 Å². The molecule has 144 valence electrons. The average Bonchev–Trinajstić information content (AvgIpc) is 3.37. The molecule has 0 aromatic carbocycles. The van der Waals surface area contributed by atoms with Crippen molar-refractivity contribution in [3.8, 4) is 0 Å². The van der Waals surface area contributed by atoms with Gasteiger partial charge in [-0.05, 0) is 0 Å².